The van der Waals surface area contributed by atoms with Gasteiger partial charge in [0, 0.05) is 6.07 Å². The van der Waals surface area contributed by atoms with E-state index in [-0.39, 0.29) is 11.4 Å². The zero-order valence-electron chi connectivity index (χ0n) is 15.4. The molecular weight excluding hydrogens is 382 g/mol. The molecule has 0 bridgehead atoms. The lowest BCUT2D eigenvalue weighted by Crippen LogP contribution is -2.25. The van der Waals surface area contributed by atoms with Crippen LogP contribution in [0.2, 0.25) is 0 Å². The summed E-state index contributed by atoms with van der Waals surface area (Å²) in [5.41, 5.74) is 3.01. The number of fused-ring (bicyclic) bond motifs is 1. The average molecular weight is 401 g/mol. The zero-order valence-corrected chi connectivity index (χ0v) is 16.2. The van der Waals surface area contributed by atoms with Gasteiger partial charge in [0.1, 0.15) is 13.2 Å². The molecule has 28 heavy (non-hydrogen) atoms. The second-order valence-electron chi connectivity index (χ2n) is 6.41. The molecule has 9 nitrogen and oxygen atoms in total. The van der Waals surface area contributed by atoms with Crippen LogP contribution in [0.25, 0.3) is 5.69 Å². The third-order valence-corrected chi connectivity index (χ3v) is 5.91. The maximum Gasteiger partial charge on any atom is 0.241 e. The molecule has 1 N–H and O–H groups in total. The molecule has 4 rings (SSSR count). The Morgan fingerprint density at radius 2 is 1.82 bits per heavy atom. The van der Waals surface area contributed by atoms with Gasteiger partial charge >= 0.3 is 0 Å². The highest BCUT2D eigenvalue weighted by molar-refractivity contribution is 7.89. The van der Waals surface area contributed by atoms with Crippen LogP contribution in [0.3, 0.4) is 0 Å². The summed E-state index contributed by atoms with van der Waals surface area (Å²) in [6.45, 7) is 4.78. The summed E-state index contributed by atoms with van der Waals surface area (Å²) in [5, 5.41) is 11.6. The normalized spacial score (nSPS) is 13.5. The van der Waals surface area contributed by atoms with Crippen LogP contribution >= 0.6 is 0 Å². The first-order valence-corrected chi connectivity index (χ1v) is 10.2. The summed E-state index contributed by atoms with van der Waals surface area (Å²) >= 11 is 0. The van der Waals surface area contributed by atoms with Crippen molar-refractivity contribution in [3.8, 4) is 17.2 Å². The van der Waals surface area contributed by atoms with Crippen LogP contribution in [0.15, 0.2) is 41.3 Å². The van der Waals surface area contributed by atoms with E-state index in [9.17, 15) is 8.42 Å². The summed E-state index contributed by atoms with van der Waals surface area (Å²) in [5.74, 6) is 1.32. The number of ether oxygens (including phenoxy) is 2. The number of sulfonamides is 1. The average Bonchev–Trinajstić information content (AvgIpc) is 3.17. The largest absolute Gasteiger partial charge is 0.486 e. The van der Waals surface area contributed by atoms with Crippen LogP contribution < -0.4 is 14.2 Å². The Balaban J connectivity index is 1.55. The SMILES string of the molecule is Cc1ccc(-n2nnnc2CNS(=O)(=O)c2ccc3c(c2)OCCO3)cc1C. The van der Waals surface area contributed by atoms with Crippen molar-refractivity contribution >= 4 is 10.0 Å². The third-order valence-electron chi connectivity index (χ3n) is 4.51. The number of tetrazole rings is 1. The minimum atomic E-state index is -3.78. The Morgan fingerprint density at radius 3 is 2.61 bits per heavy atom. The van der Waals surface area contributed by atoms with Gasteiger partial charge in [0.15, 0.2) is 17.3 Å². The standard InChI is InChI=1S/C18H19N5O4S/c1-12-3-4-14(9-13(12)2)23-18(20-21-22-23)11-19-28(24,25)15-5-6-16-17(10-15)27-8-7-26-16/h3-6,9-10,19H,7-8,11H2,1-2H3. The molecule has 10 heteroatoms. The van der Waals surface area contributed by atoms with Crippen LogP contribution in [-0.2, 0) is 16.6 Å². The number of hydrogen-bond donors (Lipinski definition) is 1. The number of hydrogen-bond acceptors (Lipinski definition) is 7. The summed E-state index contributed by atoms with van der Waals surface area (Å²) < 4.78 is 40.3. The summed E-state index contributed by atoms with van der Waals surface area (Å²) in [4.78, 5) is 0.0851. The molecule has 146 valence electrons. The van der Waals surface area contributed by atoms with Gasteiger partial charge in [0.05, 0.1) is 17.1 Å². The van der Waals surface area contributed by atoms with E-state index in [1.165, 1.54) is 16.8 Å². The molecule has 1 aromatic heterocycles. The van der Waals surface area contributed by atoms with Gasteiger partial charge in [-0.15, -0.1) is 5.10 Å². The van der Waals surface area contributed by atoms with E-state index in [4.69, 9.17) is 9.47 Å². The van der Waals surface area contributed by atoms with E-state index in [0.29, 0.717) is 30.5 Å². The second-order valence-corrected chi connectivity index (χ2v) is 8.17. The van der Waals surface area contributed by atoms with Crippen LogP contribution in [0.1, 0.15) is 17.0 Å². The predicted octanol–water partition coefficient (Wildman–Crippen LogP) is 1.53. The molecule has 2 aromatic carbocycles. The molecule has 0 spiro atoms. The lowest BCUT2D eigenvalue weighted by atomic mass is 10.1. The quantitative estimate of drug-likeness (QED) is 0.691. The summed E-state index contributed by atoms with van der Waals surface area (Å²) in [6, 6.07) is 10.3. The first kappa shape index (κ1) is 18.4. The second kappa shape index (κ2) is 7.21. The van der Waals surface area contributed by atoms with Gasteiger partial charge in [-0.1, -0.05) is 6.07 Å². The molecule has 3 aromatic rings. The fraction of sp³-hybridized carbons (Fsp3) is 0.278. The van der Waals surface area contributed by atoms with Crippen LogP contribution in [0.5, 0.6) is 11.5 Å². The number of nitrogens with one attached hydrogen (secondary N) is 1. The molecule has 1 aliphatic heterocycles. The topological polar surface area (TPSA) is 108 Å². The number of aryl methyl sites for hydroxylation is 2. The number of benzene rings is 2. The molecular formula is C18H19N5O4S. The van der Waals surface area contributed by atoms with Crippen molar-refractivity contribution in [2.75, 3.05) is 13.2 Å². The van der Waals surface area contributed by atoms with E-state index in [0.717, 1.165) is 16.8 Å². The van der Waals surface area contributed by atoms with Gasteiger partial charge < -0.3 is 9.47 Å². The zero-order chi connectivity index (χ0) is 19.7. The van der Waals surface area contributed by atoms with Crippen molar-refractivity contribution in [2.24, 2.45) is 0 Å². The molecule has 1 aliphatic rings. The first-order valence-electron chi connectivity index (χ1n) is 8.68. The Bertz CT molecular complexity index is 1130. The van der Waals surface area contributed by atoms with Crippen molar-refractivity contribution in [2.45, 2.75) is 25.3 Å². The highest BCUT2D eigenvalue weighted by Crippen LogP contribution is 2.32. The smallest absolute Gasteiger partial charge is 0.241 e. The molecule has 0 amide bonds. The minimum absolute atomic E-state index is 0.0588. The van der Waals surface area contributed by atoms with Crippen molar-refractivity contribution in [3.05, 3.63) is 53.3 Å². The molecule has 0 unspecified atom stereocenters. The van der Waals surface area contributed by atoms with Crippen molar-refractivity contribution < 1.29 is 17.9 Å². The number of nitrogens with zero attached hydrogens (tertiary/aromatic N) is 4. The third kappa shape index (κ3) is 3.56. The van der Waals surface area contributed by atoms with Crippen LogP contribution in [0, 0.1) is 13.8 Å². The Kier molecular flexibility index (Phi) is 4.73. The lowest BCUT2D eigenvalue weighted by molar-refractivity contribution is 0.171. The van der Waals surface area contributed by atoms with Crippen LogP contribution in [-0.4, -0.2) is 41.8 Å². The van der Waals surface area contributed by atoms with Gasteiger partial charge in [-0.25, -0.2) is 13.1 Å². The first-order chi connectivity index (χ1) is 13.4. The summed E-state index contributed by atoms with van der Waals surface area (Å²) in [6.07, 6.45) is 0. The molecule has 0 fully saturated rings. The van der Waals surface area contributed by atoms with Crippen molar-refractivity contribution in [1.82, 2.24) is 24.9 Å². The highest BCUT2D eigenvalue weighted by Gasteiger charge is 2.20. The van der Waals surface area contributed by atoms with Crippen LogP contribution in [0.4, 0.5) is 0 Å². The lowest BCUT2D eigenvalue weighted by Gasteiger charge is -2.18. The Labute approximate surface area is 162 Å². The van der Waals surface area contributed by atoms with Crippen molar-refractivity contribution in [1.29, 1.82) is 0 Å². The monoisotopic (exact) mass is 401 g/mol. The van der Waals surface area contributed by atoms with E-state index < -0.39 is 10.0 Å². The number of aromatic nitrogens is 4. The van der Waals surface area contributed by atoms with E-state index in [2.05, 4.69) is 20.2 Å². The Hall–Kier alpha value is -2.98. The maximum absolute atomic E-state index is 12.7. The van der Waals surface area contributed by atoms with Gasteiger partial charge in [0.2, 0.25) is 10.0 Å². The molecule has 0 radical (unpaired) electrons. The maximum atomic E-state index is 12.7. The fourth-order valence-electron chi connectivity index (χ4n) is 2.81. The minimum Gasteiger partial charge on any atom is -0.486 e. The number of rotatable bonds is 5. The van der Waals surface area contributed by atoms with E-state index >= 15 is 0 Å². The summed E-state index contributed by atoms with van der Waals surface area (Å²) in [7, 11) is -3.78. The Morgan fingerprint density at radius 1 is 1.04 bits per heavy atom. The highest BCUT2D eigenvalue weighted by atomic mass is 32.2. The van der Waals surface area contributed by atoms with Gasteiger partial charge in [0.25, 0.3) is 0 Å². The van der Waals surface area contributed by atoms with E-state index in [1.54, 1.807) is 6.07 Å². The van der Waals surface area contributed by atoms with Gasteiger partial charge in [-0.2, -0.15) is 4.68 Å². The molecule has 0 aliphatic carbocycles. The van der Waals surface area contributed by atoms with E-state index in [1.807, 2.05) is 32.0 Å². The van der Waals surface area contributed by atoms with Gasteiger partial charge in [-0.05, 0) is 59.7 Å². The van der Waals surface area contributed by atoms with Gasteiger partial charge in [-0.3, -0.25) is 0 Å². The predicted molar refractivity (Wildman–Crippen MR) is 100 cm³/mol. The fourth-order valence-corrected chi connectivity index (χ4v) is 3.80. The molecule has 2 heterocycles. The molecule has 0 atom stereocenters. The van der Waals surface area contributed by atoms with Crippen molar-refractivity contribution in [3.63, 3.8) is 0 Å². The molecule has 0 saturated carbocycles. The molecule has 0 saturated heterocycles.